The topological polar surface area (TPSA) is 299 Å². The first-order valence-corrected chi connectivity index (χ1v) is 20.8. The van der Waals surface area contributed by atoms with Crippen molar-refractivity contribution in [3.8, 4) is 34.5 Å². The van der Waals surface area contributed by atoms with E-state index in [9.17, 15) is 34.7 Å². The van der Waals surface area contributed by atoms with E-state index >= 15 is 0 Å². The summed E-state index contributed by atoms with van der Waals surface area (Å²) in [6.45, 7) is 8.18. The minimum Gasteiger partial charge on any atom is -0.504 e. The molecular formula is C51H71N5O16. The lowest BCUT2D eigenvalue weighted by atomic mass is 10.1. The number of aromatic nitrogens is 2. The Morgan fingerprint density at radius 1 is 0.694 bits per heavy atom. The fraction of sp³-hybridized carbons (Fsp3) is 0.333. The van der Waals surface area contributed by atoms with Crippen LogP contribution in [0.15, 0.2) is 108 Å². The third-order valence-electron chi connectivity index (χ3n) is 8.99. The van der Waals surface area contributed by atoms with Gasteiger partial charge in [-0.1, -0.05) is 82.9 Å². The number of aromatic carboxylic acids is 1. The fourth-order valence-corrected chi connectivity index (χ4v) is 5.62. The Kier molecular flexibility index (Phi) is 32.3. The summed E-state index contributed by atoms with van der Waals surface area (Å²) in [6.07, 6.45) is 1.51. The van der Waals surface area contributed by atoms with Crippen molar-refractivity contribution in [1.29, 1.82) is 0 Å². The number of phenolic OH excluding ortho intramolecular Hbond substituents is 2. The fourth-order valence-electron chi connectivity index (χ4n) is 5.62. The zero-order chi connectivity index (χ0) is 51.5. The molecule has 0 radical (unpaired) electrons. The third-order valence-corrected chi connectivity index (χ3v) is 8.99. The van der Waals surface area contributed by atoms with Crippen LogP contribution in [0.25, 0.3) is 10.9 Å². The molecule has 0 saturated carbocycles. The lowest BCUT2D eigenvalue weighted by Crippen LogP contribution is -2.21. The number of fused-ring (bicyclic) bond motifs is 1. The molecule has 5 aromatic carbocycles. The van der Waals surface area contributed by atoms with Crippen molar-refractivity contribution in [3.63, 3.8) is 0 Å². The number of methoxy groups -OCH3 is 5. The van der Waals surface area contributed by atoms with Gasteiger partial charge in [-0.2, -0.15) is 0 Å². The molecule has 21 heteroatoms. The molecule has 7 N–H and O–H groups in total. The molecule has 0 atom stereocenters. The highest BCUT2D eigenvalue weighted by Crippen LogP contribution is 2.35. The minimum absolute atomic E-state index is 0. The van der Waals surface area contributed by atoms with Gasteiger partial charge < -0.3 is 64.7 Å². The van der Waals surface area contributed by atoms with Crippen LogP contribution in [0, 0.1) is 10.1 Å². The van der Waals surface area contributed by atoms with Crippen LogP contribution in [0.5, 0.6) is 34.5 Å². The lowest BCUT2D eigenvalue weighted by Gasteiger charge is -2.15. The van der Waals surface area contributed by atoms with Crippen LogP contribution >= 0.6 is 0 Å². The summed E-state index contributed by atoms with van der Waals surface area (Å²) in [5.41, 5.74) is 12.6. The largest absolute Gasteiger partial charge is 0.504 e. The van der Waals surface area contributed by atoms with Crippen molar-refractivity contribution < 1.29 is 67.7 Å². The van der Waals surface area contributed by atoms with Gasteiger partial charge in [-0.15, -0.1) is 0 Å². The van der Waals surface area contributed by atoms with Crippen molar-refractivity contribution in [3.05, 3.63) is 146 Å². The van der Waals surface area contributed by atoms with Crippen LogP contribution in [0.3, 0.4) is 0 Å². The number of carboxylic acid groups (broad SMARTS) is 1. The molecule has 396 valence electrons. The van der Waals surface area contributed by atoms with E-state index in [4.69, 9.17) is 49.7 Å². The molecule has 21 nitrogen and oxygen atoms in total. The van der Waals surface area contributed by atoms with E-state index in [1.54, 1.807) is 6.07 Å². The molecule has 72 heavy (non-hydrogen) atoms. The number of benzene rings is 5. The second kappa shape index (κ2) is 35.2. The number of anilines is 1. The number of rotatable bonds is 16. The number of hydrogen-bond donors (Lipinski definition) is 5. The van der Waals surface area contributed by atoms with E-state index in [2.05, 4.69) is 9.72 Å². The van der Waals surface area contributed by atoms with Crippen LogP contribution in [0.2, 0.25) is 0 Å². The third kappa shape index (κ3) is 20.5. The molecule has 0 aliphatic carbocycles. The highest BCUT2D eigenvalue weighted by molar-refractivity contribution is 5.95. The van der Waals surface area contributed by atoms with Crippen molar-refractivity contribution in [2.45, 2.75) is 62.6 Å². The second-order valence-corrected chi connectivity index (χ2v) is 13.4. The summed E-state index contributed by atoms with van der Waals surface area (Å²) in [7, 11) is 6.67. The first-order valence-electron chi connectivity index (χ1n) is 20.8. The average Bonchev–Trinajstić information content (AvgIpc) is 3.36. The predicted octanol–water partition coefficient (Wildman–Crippen LogP) is 8.67. The monoisotopic (exact) mass is 1010 g/mol. The standard InChI is InChI=1S/C16H14N2O3.C10H11NO6.C8H9NO4.C7H9N.C7H16O3.3CH4/c1-21-15-8-13-12(7-14(15)19)16(20)18(10-17-13)9-11-5-3-2-4-6-11;1-15-8-4-6(10(12)17-3)7(11(13)14)5-9(8)16-2;1-13-7-3-5(9)4(8(11)12)2-6(7)10;8-6-7-4-2-1-3-5-7;1-4-8-7(9-5-2)10-6-3;;;/h2-8,10,19H,9H2,1H3;4-5H,1-3H3;2-3,10H,9H2,1H3,(H,11,12);1-5H,6,8H2;7H,4-6H2,1-3H3;3*1H4. The maximum absolute atomic E-state index is 12.5. The molecule has 0 spiro atoms. The molecular weight excluding hydrogens is 939 g/mol. The van der Waals surface area contributed by atoms with Crippen molar-refractivity contribution >= 4 is 34.2 Å². The van der Waals surface area contributed by atoms with Crippen LogP contribution < -0.4 is 36.0 Å². The molecule has 0 amide bonds. The summed E-state index contributed by atoms with van der Waals surface area (Å²) in [4.78, 5) is 48.8. The Balaban J connectivity index is 0. The zero-order valence-corrected chi connectivity index (χ0v) is 39.6. The van der Waals surface area contributed by atoms with Gasteiger partial charge in [0.1, 0.15) is 5.56 Å². The molecule has 0 saturated heterocycles. The van der Waals surface area contributed by atoms with Crippen molar-refractivity contribution in [2.75, 3.05) is 61.1 Å². The maximum Gasteiger partial charge on any atom is 0.345 e. The molecule has 1 aromatic heterocycles. The van der Waals surface area contributed by atoms with Crippen LogP contribution in [0.1, 0.15) is 74.9 Å². The number of ether oxygens (including phenoxy) is 8. The molecule has 6 aromatic rings. The van der Waals surface area contributed by atoms with E-state index in [0.717, 1.165) is 24.8 Å². The normalized spacial score (nSPS) is 9.64. The molecule has 0 unspecified atom stereocenters. The smallest absolute Gasteiger partial charge is 0.345 e. The first-order chi connectivity index (χ1) is 33.1. The van der Waals surface area contributed by atoms with Gasteiger partial charge in [0.15, 0.2) is 34.5 Å². The van der Waals surface area contributed by atoms with E-state index < -0.39 is 29.0 Å². The highest BCUT2D eigenvalue weighted by Gasteiger charge is 2.25. The van der Waals surface area contributed by atoms with Gasteiger partial charge in [-0.25, -0.2) is 14.6 Å². The first kappa shape index (κ1) is 66.1. The predicted molar refractivity (Wildman–Crippen MR) is 277 cm³/mol. The number of nitrogen functional groups attached to an aromatic ring is 1. The summed E-state index contributed by atoms with van der Waals surface area (Å²) in [6, 6.07) is 27.2. The Morgan fingerprint density at radius 3 is 1.60 bits per heavy atom. The van der Waals surface area contributed by atoms with Gasteiger partial charge in [-0.05, 0) is 38.0 Å². The van der Waals surface area contributed by atoms with Gasteiger partial charge in [0.2, 0.25) is 0 Å². The Labute approximate surface area is 420 Å². The summed E-state index contributed by atoms with van der Waals surface area (Å²) >= 11 is 0. The van der Waals surface area contributed by atoms with Crippen LogP contribution in [-0.2, 0) is 32.0 Å². The van der Waals surface area contributed by atoms with Crippen molar-refractivity contribution in [1.82, 2.24) is 9.55 Å². The number of esters is 1. The molecule has 0 aliphatic rings. The maximum atomic E-state index is 12.5. The summed E-state index contributed by atoms with van der Waals surface area (Å²) < 4.78 is 40.8. The number of nitrogens with zero attached hydrogens (tertiary/aromatic N) is 3. The van der Waals surface area contributed by atoms with E-state index in [1.165, 1.54) is 63.1 Å². The number of nitro benzene ring substituents is 1. The number of carboxylic acids is 1. The van der Waals surface area contributed by atoms with Crippen LogP contribution in [0.4, 0.5) is 11.4 Å². The SMILES string of the molecule is C.C.C.CCOC(OCC)OCC.COC(=O)c1cc(OC)c(OC)cc1[N+](=O)[O-].COc1cc(N)c(C(=O)O)cc1O.COc1cc2ncn(Cc3ccccc3)c(=O)c2cc1O.NCc1ccccc1. The lowest BCUT2D eigenvalue weighted by molar-refractivity contribution is -0.385. The molecule has 0 bridgehead atoms. The highest BCUT2D eigenvalue weighted by atomic mass is 16.8. The van der Waals surface area contributed by atoms with Crippen molar-refractivity contribution in [2.24, 2.45) is 5.73 Å². The number of carbonyl (C=O) groups excluding carboxylic acids is 1. The van der Waals surface area contributed by atoms with Gasteiger partial charge >= 0.3 is 11.9 Å². The number of carbonyl (C=O) groups is 2. The van der Waals surface area contributed by atoms with E-state index in [1.807, 2.05) is 81.4 Å². The number of nitro groups is 1. The number of nitrogens with two attached hydrogens (primary N) is 2. The van der Waals surface area contributed by atoms with Gasteiger partial charge in [0, 0.05) is 50.6 Å². The Hall–Kier alpha value is -7.98. The molecule has 0 aliphatic heterocycles. The van der Waals surface area contributed by atoms with Crippen LogP contribution in [-0.4, -0.2) is 104 Å². The second-order valence-electron chi connectivity index (χ2n) is 13.4. The molecule has 6 rings (SSSR count). The number of phenols is 2. The molecule has 0 fully saturated rings. The zero-order valence-electron chi connectivity index (χ0n) is 39.6. The van der Waals surface area contributed by atoms with Gasteiger partial charge in [0.05, 0.1) is 81.6 Å². The minimum atomic E-state index is -1.18. The summed E-state index contributed by atoms with van der Waals surface area (Å²) in [5.74, 6) is -1.45. The van der Waals surface area contributed by atoms with E-state index in [-0.39, 0.29) is 73.4 Å². The summed E-state index contributed by atoms with van der Waals surface area (Å²) in [5, 5.41) is 38.8. The average molecular weight is 1010 g/mol. The van der Waals surface area contributed by atoms with Gasteiger partial charge in [0.25, 0.3) is 17.7 Å². The number of aromatic hydroxyl groups is 2. The quantitative estimate of drug-likeness (QED) is 0.0151. The van der Waals surface area contributed by atoms with E-state index in [0.29, 0.717) is 49.6 Å². The van der Waals surface area contributed by atoms with Gasteiger partial charge in [-0.3, -0.25) is 19.5 Å². The Morgan fingerprint density at radius 2 is 1.17 bits per heavy atom. The Bertz CT molecular complexity index is 2580. The number of hydrogen-bond acceptors (Lipinski definition) is 18. The molecule has 1 heterocycles.